The molecule has 3 heterocycles. The predicted octanol–water partition coefficient (Wildman–Crippen LogP) is 0.107. The summed E-state index contributed by atoms with van der Waals surface area (Å²) in [6.45, 7) is 7.40. The number of para-hydroxylation sites is 1. The van der Waals surface area contributed by atoms with Crippen LogP contribution in [0, 0.1) is 5.92 Å². The lowest BCUT2D eigenvalue weighted by atomic mass is 9.49. The molecule has 3 amide bonds. The number of methoxy groups -OCH3 is 1. The number of hydrogen-bond donors (Lipinski definition) is 3. The lowest BCUT2D eigenvalue weighted by Crippen LogP contribution is -2.50. The molecule has 5 rings (SSSR count). The SMILES string of the molecule is BC(B)(B)NC(=O)c1nnc(NC(=O)C2CC2)cc1Nc1cccc(-c2ncc(C(=O)N3CCN(C(C)C)CC3)s2)c1OC. The van der Waals surface area contributed by atoms with Crippen molar-refractivity contribution >= 4 is 69.8 Å². The zero-order valence-corrected chi connectivity index (χ0v) is 26.9. The van der Waals surface area contributed by atoms with Crippen LogP contribution in [0.25, 0.3) is 10.6 Å². The average molecular weight is 614 g/mol. The maximum Gasteiger partial charge on any atom is 0.272 e. The third-order valence-corrected chi connectivity index (χ3v) is 8.48. The van der Waals surface area contributed by atoms with Crippen molar-refractivity contribution in [2.75, 3.05) is 43.9 Å². The van der Waals surface area contributed by atoms with E-state index >= 15 is 0 Å². The van der Waals surface area contributed by atoms with E-state index in [1.54, 1.807) is 19.4 Å². The summed E-state index contributed by atoms with van der Waals surface area (Å²) < 4.78 is 5.84. The Labute approximate surface area is 263 Å². The Morgan fingerprint density at radius 2 is 1.80 bits per heavy atom. The number of aromatic nitrogens is 3. The number of hydrogen-bond acceptors (Lipinski definition) is 10. The third kappa shape index (κ3) is 7.41. The molecule has 2 aromatic heterocycles. The van der Waals surface area contributed by atoms with Crippen LogP contribution in [0.4, 0.5) is 17.2 Å². The molecule has 1 saturated carbocycles. The molecule has 0 unspecified atom stereocenters. The van der Waals surface area contributed by atoms with Crippen molar-refractivity contribution in [3.8, 4) is 16.3 Å². The molecule has 1 aliphatic heterocycles. The zero-order chi connectivity index (χ0) is 31.6. The molecule has 2 fully saturated rings. The van der Waals surface area contributed by atoms with Crippen LogP contribution in [0.2, 0.25) is 0 Å². The minimum absolute atomic E-state index is 0.0198. The molecule has 0 radical (unpaired) electrons. The fourth-order valence-electron chi connectivity index (χ4n) is 4.95. The summed E-state index contributed by atoms with van der Waals surface area (Å²) in [7, 11) is 7.18. The van der Waals surface area contributed by atoms with E-state index in [0.29, 0.717) is 51.7 Å². The maximum absolute atomic E-state index is 13.3. The second-order valence-electron chi connectivity index (χ2n) is 12.4. The summed E-state index contributed by atoms with van der Waals surface area (Å²) in [6.07, 6.45) is 3.31. The van der Waals surface area contributed by atoms with Crippen LogP contribution in [0.15, 0.2) is 30.5 Å². The Morgan fingerprint density at radius 1 is 1.07 bits per heavy atom. The van der Waals surface area contributed by atoms with Crippen molar-refractivity contribution in [1.29, 1.82) is 0 Å². The maximum atomic E-state index is 13.3. The Hall–Kier alpha value is -3.91. The Bertz CT molecular complexity index is 1550. The highest BCUT2D eigenvalue weighted by Gasteiger charge is 2.31. The van der Waals surface area contributed by atoms with E-state index in [9.17, 15) is 14.4 Å². The van der Waals surface area contributed by atoms with E-state index in [0.717, 1.165) is 25.9 Å². The van der Waals surface area contributed by atoms with E-state index in [4.69, 9.17) is 4.74 Å². The molecular weight excluding hydrogens is 577 g/mol. The number of amides is 3. The standard InChI is InChI=1S/C28H37B3N8O4S/c1-15(2)38-9-11-39(12-10-38)27(42)20-14-32-26(44-20)17-5-4-6-18(23(17)43-3)33-19-13-21(34-24(40)16-7-8-16)36-37-22(19)25(41)35-28(29,30)31/h4-6,13-16H,7-12,29-31H2,1-3H3,(H,35,41)(H2,33,34,36,40). The van der Waals surface area contributed by atoms with Crippen molar-refractivity contribution in [2.45, 2.75) is 38.0 Å². The first-order valence-electron chi connectivity index (χ1n) is 14.9. The largest absolute Gasteiger partial charge is 0.494 e. The molecule has 16 heteroatoms. The number of nitrogens with one attached hydrogen (secondary N) is 3. The first-order valence-corrected chi connectivity index (χ1v) is 15.7. The van der Waals surface area contributed by atoms with Gasteiger partial charge in [-0.1, -0.05) is 6.07 Å². The predicted molar refractivity (Wildman–Crippen MR) is 179 cm³/mol. The summed E-state index contributed by atoms with van der Waals surface area (Å²) in [4.78, 5) is 48.3. The molecule has 3 aromatic rings. The van der Waals surface area contributed by atoms with Gasteiger partial charge in [-0.3, -0.25) is 19.3 Å². The topological polar surface area (TPSA) is 142 Å². The van der Waals surface area contributed by atoms with Crippen LogP contribution in [-0.2, 0) is 4.79 Å². The van der Waals surface area contributed by atoms with Crippen LogP contribution in [-0.4, -0.2) is 111 Å². The second kappa shape index (κ2) is 13.0. The van der Waals surface area contributed by atoms with E-state index in [2.05, 4.69) is 49.9 Å². The molecule has 0 spiro atoms. The monoisotopic (exact) mass is 614 g/mol. The summed E-state index contributed by atoms with van der Waals surface area (Å²) in [5.74, 6) is 0.142. The summed E-state index contributed by atoms with van der Waals surface area (Å²) in [6, 6.07) is 7.57. The number of piperazine rings is 1. The molecule has 1 aromatic carbocycles. The molecule has 1 aliphatic carbocycles. The van der Waals surface area contributed by atoms with E-state index in [1.165, 1.54) is 11.3 Å². The minimum atomic E-state index is -0.505. The summed E-state index contributed by atoms with van der Waals surface area (Å²) >= 11 is 1.31. The van der Waals surface area contributed by atoms with Gasteiger partial charge >= 0.3 is 0 Å². The number of thiazole rings is 1. The number of carbonyl (C=O) groups excluding carboxylic acids is 3. The van der Waals surface area contributed by atoms with E-state index < -0.39 is 11.1 Å². The number of anilines is 3. The van der Waals surface area contributed by atoms with Gasteiger partial charge in [0.25, 0.3) is 11.8 Å². The highest BCUT2D eigenvalue weighted by Crippen LogP contribution is 2.40. The van der Waals surface area contributed by atoms with Gasteiger partial charge in [0.2, 0.25) is 5.91 Å². The van der Waals surface area contributed by atoms with Crippen molar-refractivity contribution in [2.24, 2.45) is 5.92 Å². The highest BCUT2D eigenvalue weighted by atomic mass is 32.1. The molecule has 3 N–H and O–H groups in total. The van der Waals surface area contributed by atoms with E-state index in [1.807, 2.05) is 46.6 Å². The smallest absolute Gasteiger partial charge is 0.272 e. The first kappa shape index (κ1) is 31.5. The Kier molecular flexibility index (Phi) is 9.30. The van der Waals surface area contributed by atoms with Crippen molar-refractivity contribution in [3.05, 3.63) is 41.0 Å². The van der Waals surface area contributed by atoms with Crippen molar-refractivity contribution in [3.63, 3.8) is 0 Å². The van der Waals surface area contributed by atoms with Crippen molar-refractivity contribution < 1.29 is 19.1 Å². The van der Waals surface area contributed by atoms with Gasteiger partial charge in [-0.25, -0.2) is 4.98 Å². The molecule has 0 atom stereocenters. The van der Waals surface area contributed by atoms with Gasteiger partial charge in [0.15, 0.2) is 17.3 Å². The van der Waals surface area contributed by atoms with Gasteiger partial charge in [0.1, 0.15) is 33.4 Å². The van der Waals surface area contributed by atoms with Gasteiger partial charge in [0, 0.05) is 44.2 Å². The number of ether oxygens (including phenoxy) is 1. The molecule has 2 aliphatic rings. The van der Waals surface area contributed by atoms with Crippen molar-refractivity contribution in [1.82, 2.24) is 30.3 Å². The second-order valence-corrected chi connectivity index (χ2v) is 13.5. The van der Waals surface area contributed by atoms with Gasteiger partial charge in [-0.2, -0.15) is 0 Å². The Morgan fingerprint density at radius 3 is 2.43 bits per heavy atom. The third-order valence-electron chi connectivity index (χ3n) is 7.46. The number of rotatable bonds is 10. The fraction of sp³-hybridized carbons (Fsp3) is 0.429. The summed E-state index contributed by atoms with van der Waals surface area (Å²) in [5, 5.41) is 17.4. The van der Waals surface area contributed by atoms with Crippen LogP contribution in [0.5, 0.6) is 5.75 Å². The molecular formula is C28H37B3N8O4S. The van der Waals surface area contributed by atoms with Crippen LogP contribution in [0.3, 0.4) is 0 Å². The number of benzene rings is 1. The van der Waals surface area contributed by atoms with Gasteiger partial charge in [-0.05, 0) is 44.1 Å². The van der Waals surface area contributed by atoms with Crippen LogP contribution >= 0.6 is 11.3 Å². The number of nitrogens with zero attached hydrogens (tertiary/aromatic N) is 5. The van der Waals surface area contributed by atoms with E-state index in [-0.39, 0.29) is 29.2 Å². The lowest BCUT2D eigenvalue weighted by Gasteiger charge is -2.36. The minimum Gasteiger partial charge on any atom is -0.494 e. The Balaban J connectivity index is 1.41. The van der Waals surface area contributed by atoms with Gasteiger partial charge in [-0.15, -0.1) is 21.5 Å². The van der Waals surface area contributed by atoms with Crippen LogP contribution in [0.1, 0.15) is 46.8 Å². The van der Waals surface area contributed by atoms with Gasteiger partial charge < -0.3 is 25.6 Å². The quantitative estimate of drug-likeness (QED) is 0.272. The van der Waals surface area contributed by atoms with Gasteiger partial charge in [0.05, 0.1) is 30.2 Å². The summed E-state index contributed by atoms with van der Waals surface area (Å²) in [5.41, 5.74) is 1.65. The molecule has 44 heavy (non-hydrogen) atoms. The fourth-order valence-corrected chi connectivity index (χ4v) is 5.86. The molecule has 1 saturated heterocycles. The lowest BCUT2D eigenvalue weighted by molar-refractivity contribution is -0.117. The zero-order valence-electron chi connectivity index (χ0n) is 26.1. The highest BCUT2D eigenvalue weighted by molar-refractivity contribution is 7.17. The molecule has 12 nitrogen and oxygen atoms in total. The number of carbonyl (C=O) groups is 3. The molecule has 228 valence electrons. The molecule has 0 bridgehead atoms. The normalized spacial score (nSPS) is 15.6. The average Bonchev–Trinajstić information content (AvgIpc) is 3.72. The van der Waals surface area contributed by atoms with Crippen LogP contribution < -0.4 is 20.7 Å². The first-order chi connectivity index (χ1) is 20.9.